The normalized spacial score (nSPS) is 10.9. The first-order valence-corrected chi connectivity index (χ1v) is 3.11. The number of rotatable bonds is 0. The smallest absolute Gasteiger partial charge is 0.420 e. The zero-order valence-electron chi connectivity index (χ0n) is 6.13. The van der Waals surface area contributed by atoms with E-state index in [1.807, 2.05) is 0 Å². The molecular formula is C7H3F3N2O. The van der Waals surface area contributed by atoms with Gasteiger partial charge in [-0.3, -0.25) is 0 Å². The van der Waals surface area contributed by atoms with Crippen LogP contribution in [0.4, 0.5) is 13.2 Å². The van der Waals surface area contributed by atoms with Crippen LogP contribution in [0.3, 0.4) is 0 Å². The van der Waals surface area contributed by atoms with Crippen LogP contribution in [-0.4, -0.2) is 10.1 Å². The third-order valence-electron chi connectivity index (χ3n) is 1.30. The van der Waals surface area contributed by atoms with Gasteiger partial charge in [-0.1, -0.05) is 0 Å². The highest BCUT2D eigenvalue weighted by atomic mass is 19.4. The van der Waals surface area contributed by atoms with E-state index in [0.29, 0.717) is 12.3 Å². The van der Waals surface area contributed by atoms with Gasteiger partial charge >= 0.3 is 6.18 Å². The molecule has 13 heavy (non-hydrogen) atoms. The van der Waals surface area contributed by atoms with E-state index in [9.17, 15) is 13.2 Å². The van der Waals surface area contributed by atoms with Crippen LogP contribution < -0.4 is 0 Å². The van der Waals surface area contributed by atoms with Crippen molar-refractivity contribution in [2.24, 2.45) is 0 Å². The second-order valence-electron chi connectivity index (χ2n) is 2.20. The van der Waals surface area contributed by atoms with Crippen LogP contribution in [0.1, 0.15) is 11.3 Å². The molecule has 1 heterocycles. The van der Waals surface area contributed by atoms with Crippen LogP contribution in [0, 0.1) is 11.3 Å². The lowest BCUT2D eigenvalue weighted by Gasteiger charge is -2.07. The Labute approximate surface area is 71.1 Å². The van der Waals surface area contributed by atoms with Gasteiger partial charge in [0, 0.05) is 0 Å². The summed E-state index contributed by atoms with van der Waals surface area (Å²) in [5.41, 5.74) is -1.64. The molecule has 0 spiro atoms. The lowest BCUT2D eigenvalue weighted by atomic mass is 10.2. The molecule has 0 aliphatic rings. The van der Waals surface area contributed by atoms with E-state index in [0.717, 1.165) is 0 Å². The van der Waals surface area contributed by atoms with Crippen molar-refractivity contribution in [3.8, 4) is 11.8 Å². The van der Waals surface area contributed by atoms with Crippen molar-refractivity contribution in [3.63, 3.8) is 0 Å². The molecule has 68 valence electrons. The summed E-state index contributed by atoms with van der Waals surface area (Å²) in [6.07, 6.45) is -4.07. The quantitative estimate of drug-likeness (QED) is 0.673. The van der Waals surface area contributed by atoms with Gasteiger partial charge in [-0.15, -0.1) is 0 Å². The Morgan fingerprint density at radius 3 is 2.54 bits per heavy atom. The number of nitriles is 1. The predicted octanol–water partition coefficient (Wildman–Crippen LogP) is 1.68. The molecule has 0 amide bonds. The van der Waals surface area contributed by atoms with E-state index in [1.54, 1.807) is 0 Å². The molecule has 0 saturated heterocycles. The van der Waals surface area contributed by atoms with Crippen molar-refractivity contribution in [2.75, 3.05) is 0 Å². The van der Waals surface area contributed by atoms with Crippen molar-refractivity contribution in [2.45, 2.75) is 6.18 Å². The summed E-state index contributed by atoms with van der Waals surface area (Å²) < 4.78 is 36.2. The predicted molar refractivity (Wildman–Crippen MR) is 35.6 cm³/mol. The summed E-state index contributed by atoms with van der Waals surface area (Å²) in [6.45, 7) is 0. The van der Waals surface area contributed by atoms with Crippen molar-refractivity contribution in [1.29, 1.82) is 5.26 Å². The van der Waals surface area contributed by atoms with E-state index in [1.165, 1.54) is 6.07 Å². The summed E-state index contributed by atoms with van der Waals surface area (Å²) in [5, 5.41) is 17.0. The summed E-state index contributed by atoms with van der Waals surface area (Å²) >= 11 is 0. The van der Waals surface area contributed by atoms with Crippen molar-refractivity contribution in [1.82, 2.24) is 4.98 Å². The van der Waals surface area contributed by atoms with Crippen LogP contribution in [-0.2, 0) is 6.18 Å². The molecule has 0 fully saturated rings. The summed E-state index contributed by atoms with van der Waals surface area (Å²) in [4.78, 5) is 3.26. The van der Waals surface area contributed by atoms with Crippen LogP contribution in [0.5, 0.6) is 5.75 Å². The Balaban J connectivity index is 3.29. The number of hydrogen-bond acceptors (Lipinski definition) is 3. The molecule has 0 aliphatic heterocycles. The Hall–Kier alpha value is -1.77. The number of halogens is 3. The lowest BCUT2D eigenvalue weighted by Crippen LogP contribution is -2.06. The molecule has 0 atom stereocenters. The minimum atomic E-state index is -4.67. The molecule has 6 heteroatoms. The van der Waals surface area contributed by atoms with Gasteiger partial charge in [-0.2, -0.15) is 18.4 Å². The third kappa shape index (κ3) is 1.87. The zero-order chi connectivity index (χ0) is 10.1. The SMILES string of the molecule is N#Cc1cc(C(F)(F)F)c(O)cn1. The van der Waals surface area contributed by atoms with Crippen molar-refractivity contribution in [3.05, 3.63) is 23.5 Å². The zero-order valence-corrected chi connectivity index (χ0v) is 6.13. The average molecular weight is 188 g/mol. The number of aromatic hydroxyl groups is 1. The van der Waals surface area contributed by atoms with E-state index in [4.69, 9.17) is 10.4 Å². The molecule has 0 bridgehead atoms. The Bertz CT molecular complexity index is 367. The molecule has 1 rings (SSSR count). The fraction of sp³-hybridized carbons (Fsp3) is 0.143. The molecular weight excluding hydrogens is 185 g/mol. The molecule has 3 nitrogen and oxygen atoms in total. The Morgan fingerprint density at radius 2 is 2.08 bits per heavy atom. The average Bonchev–Trinajstić information content (AvgIpc) is 2.03. The highest BCUT2D eigenvalue weighted by molar-refractivity contribution is 5.37. The van der Waals surface area contributed by atoms with E-state index >= 15 is 0 Å². The third-order valence-corrected chi connectivity index (χ3v) is 1.30. The van der Waals surface area contributed by atoms with Gasteiger partial charge in [0.2, 0.25) is 0 Å². The molecule has 1 aromatic rings. The van der Waals surface area contributed by atoms with Gasteiger partial charge in [-0.05, 0) is 6.07 Å². The maximum Gasteiger partial charge on any atom is 0.420 e. The van der Waals surface area contributed by atoms with Crippen LogP contribution >= 0.6 is 0 Å². The summed E-state index contributed by atoms with van der Waals surface area (Å²) in [6, 6.07) is 1.94. The highest BCUT2D eigenvalue weighted by Crippen LogP contribution is 2.35. The maximum atomic E-state index is 12.1. The molecule has 1 N–H and O–H groups in total. The van der Waals surface area contributed by atoms with Gasteiger partial charge in [0.05, 0.1) is 6.20 Å². The molecule has 0 aliphatic carbocycles. The number of alkyl halides is 3. The Kier molecular flexibility index (Phi) is 2.10. The molecule has 0 aromatic carbocycles. The second kappa shape index (κ2) is 2.94. The molecule has 0 unspecified atom stereocenters. The summed E-state index contributed by atoms with van der Waals surface area (Å²) in [7, 11) is 0. The van der Waals surface area contributed by atoms with E-state index < -0.39 is 17.5 Å². The lowest BCUT2D eigenvalue weighted by molar-refractivity contribution is -0.138. The number of hydrogen-bond donors (Lipinski definition) is 1. The van der Waals surface area contributed by atoms with Gasteiger partial charge in [0.25, 0.3) is 0 Å². The largest absolute Gasteiger partial charge is 0.506 e. The fourth-order valence-electron chi connectivity index (χ4n) is 0.736. The molecule has 1 aromatic heterocycles. The number of nitrogens with zero attached hydrogens (tertiary/aromatic N) is 2. The van der Waals surface area contributed by atoms with Gasteiger partial charge in [-0.25, -0.2) is 4.98 Å². The minimum absolute atomic E-state index is 0.384. The maximum absolute atomic E-state index is 12.1. The van der Waals surface area contributed by atoms with Crippen LogP contribution in [0.15, 0.2) is 12.3 Å². The highest BCUT2D eigenvalue weighted by Gasteiger charge is 2.34. The van der Waals surface area contributed by atoms with Crippen LogP contribution in [0.25, 0.3) is 0 Å². The van der Waals surface area contributed by atoms with E-state index in [-0.39, 0.29) is 5.69 Å². The van der Waals surface area contributed by atoms with Crippen molar-refractivity contribution < 1.29 is 18.3 Å². The Morgan fingerprint density at radius 1 is 1.46 bits per heavy atom. The van der Waals surface area contributed by atoms with Gasteiger partial charge in [0.15, 0.2) is 0 Å². The van der Waals surface area contributed by atoms with Crippen LogP contribution in [0.2, 0.25) is 0 Å². The number of aromatic nitrogens is 1. The molecule has 0 saturated carbocycles. The molecule has 0 radical (unpaired) electrons. The topological polar surface area (TPSA) is 56.9 Å². The van der Waals surface area contributed by atoms with E-state index in [2.05, 4.69) is 4.98 Å². The summed E-state index contributed by atoms with van der Waals surface area (Å²) in [5.74, 6) is -0.980. The first-order valence-electron chi connectivity index (χ1n) is 3.11. The first kappa shape index (κ1) is 9.32. The standard InChI is InChI=1S/C7H3F3N2O/c8-7(9,10)5-1-4(2-11)12-3-6(5)13/h1,3,13H. The van der Waals surface area contributed by atoms with Crippen molar-refractivity contribution >= 4 is 0 Å². The minimum Gasteiger partial charge on any atom is -0.506 e. The van der Waals surface area contributed by atoms with Gasteiger partial charge < -0.3 is 5.11 Å². The fourth-order valence-corrected chi connectivity index (χ4v) is 0.736. The second-order valence-corrected chi connectivity index (χ2v) is 2.20. The van der Waals surface area contributed by atoms with Gasteiger partial charge in [0.1, 0.15) is 23.1 Å². The monoisotopic (exact) mass is 188 g/mol. The number of pyridine rings is 1. The first-order chi connectivity index (χ1) is 5.95.